The van der Waals surface area contributed by atoms with Crippen molar-refractivity contribution in [3.05, 3.63) is 118 Å². The molecule has 10 heteroatoms. The van der Waals surface area contributed by atoms with Gasteiger partial charge in [0.25, 0.3) is 0 Å². The molecule has 3 atom stereocenters. The van der Waals surface area contributed by atoms with Crippen LogP contribution in [0.15, 0.2) is 84.9 Å². The van der Waals surface area contributed by atoms with Gasteiger partial charge in [-0.25, -0.2) is 8.78 Å². The van der Waals surface area contributed by atoms with Crippen molar-refractivity contribution >= 4 is 29.1 Å². The number of amides is 2. The fourth-order valence-electron chi connectivity index (χ4n) is 6.00. The Morgan fingerprint density at radius 3 is 2.43 bits per heavy atom. The lowest BCUT2D eigenvalue weighted by Crippen LogP contribution is -2.56. The number of carbonyl (C=O) groups excluding carboxylic acids is 2. The Morgan fingerprint density at radius 2 is 1.67 bits per heavy atom. The predicted octanol–water partition coefficient (Wildman–Crippen LogP) is 6.02. The molecule has 4 aromatic rings. The fraction of sp³-hybridized carbons (Fsp3) is 0.188. The third-order valence-corrected chi connectivity index (χ3v) is 7.93. The summed E-state index contributed by atoms with van der Waals surface area (Å²) in [5.74, 6) is -1.59. The molecule has 1 fully saturated rings. The van der Waals surface area contributed by atoms with Crippen LogP contribution in [-0.4, -0.2) is 30.1 Å². The van der Waals surface area contributed by atoms with Crippen molar-refractivity contribution in [2.75, 3.05) is 18.5 Å². The number of halogens is 3. The lowest BCUT2D eigenvalue weighted by atomic mass is 9.59. The Hall–Kier alpha value is -4.47. The number of benzene rings is 4. The van der Waals surface area contributed by atoms with Crippen LogP contribution in [0.2, 0.25) is 5.02 Å². The van der Waals surface area contributed by atoms with Gasteiger partial charge in [-0.05, 0) is 77.9 Å². The van der Waals surface area contributed by atoms with Crippen molar-refractivity contribution in [2.45, 2.75) is 23.8 Å². The molecule has 0 bridgehead atoms. The number of hydrogen-bond donors (Lipinski definition) is 3. The summed E-state index contributed by atoms with van der Waals surface area (Å²) >= 11 is 6.34. The van der Waals surface area contributed by atoms with Crippen molar-refractivity contribution in [3.63, 3.8) is 0 Å². The summed E-state index contributed by atoms with van der Waals surface area (Å²) in [5, 5.41) is 15.2. The number of ether oxygens (including phenoxy) is 2. The quantitative estimate of drug-likeness (QED) is 0.245. The average Bonchev–Trinajstić information content (AvgIpc) is 3.25. The fourth-order valence-corrected chi connectivity index (χ4v) is 6.20. The lowest BCUT2D eigenvalue weighted by molar-refractivity contribution is -0.131. The van der Waals surface area contributed by atoms with E-state index in [2.05, 4.69) is 10.6 Å². The maximum atomic E-state index is 14.9. The van der Waals surface area contributed by atoms with E-state index in [1.165, 1.54) is 36.4 Å². The normalized spacial score (nSPS) is 21.0. The van der Waals surface area contributed by atoms with Crippen molar-refractivity contribution in [2.24, 2.45) is 0 Å². The number of carbonyl (C=O) groups is 2. The molecule has 0 aliphatic carbocycles. The van der Waals surface area contributed by atoms with E-state index >= 15 is 0 Å². The van der Waals surface area contributed by atoms with Gasteiger partial charge in [0, 0.05) is 28.6 Å². The van der Waals surface area contributed by atoms with Crippen LogP contribution in [0, 0.1) is 11.6 Å². The first-order valence-electron chi connectivity index (χ1n) is 13.3. The van der Waals surface area contributed by atoms with Gasteiger partial charge in [0.1, 0.15) is 40.9 Å². The molecule has 2 aliphatic rings. The number of nitrogens with one attached hydrogen (secondary N) is 2. The molecule has 214 valence electrons. The van der Waals surface area contributed by atoms with Gasteiger partial charge in [0.05, 0.1) is 12.6 Å². The van der Waals surface area contributed by atoms with Crippen LogP contribution < -0.4 is 20.1 Å². The number of fused-ring (bicyclic) bond motifs is 2. The summed E-state index contributed by atoms with van der Waals surface area (Å²) < 4.78 is 40.8. The van der Waals surface area contributed by atoms with Gasteiger partial charge in [-0.15, -0.1) is 0 Å². The zero-order valence-corrected chi connectivity index (χ0v) is 22.8. The molecule has 2 aliphatic heterocycles. The monoisotopic (exact) mass is 590 g/mol. The standard InChI is InChI=1S/C32H25ClF2N2O5/c33-19-3-1-2-18(14-19)26-17-29(39)37-30(32(26)25-10-4-21(35)16-27(25)36-31(32)40)24-15-20(34)5-11-28(24)42-23-8-6-22(7-9-23)41-13-12-38/h1-11,14-16,26,30,38H,12-13,17H2,(H,36,40)(H,37,39)/t26-,30+,32-/m0/s1. The second-order valence-corrected chi connectivity index (χ2v) is 10.6. The highest BCUT2D eigenvalue weighted by Crippen LogP contribution is 2.58. The summed E-state index contributed by atoms with van der Waals surface area (Å²) in [6.45, 7) is -0.00141. The minimum Gasteiger partial charge on any atom is -0.491 e. The van der Waals surface area contributed by atoms with Gasteiger partial charge in [-0.2, -0.15) is 0 Å². The molecule has 2 heterocycles. The first kappa shape index (κ1) is 27.7. The Labute approximate surface area is 245 Å². The molecule has 7 nitrogen and oxygen atoms in total. The second kappa shape index (κ2) is 11.1. The van der Waals surface area contributed by atoms with Crippen molar-refractivity contribution in [3.8, 4) is 17.2 Å². The number of hydrogen-bond acceptors (Lipinski definition) is 5. The zero-order valence-electron chi connectivity index (χ0n) is 22.1. The first-order chi connectivity index (χ1) is 20.3. The molecule has 0 unspecified atom stereocenters. The molecule has 1 saturated heterocycles. The number of aliphatic hydroxyl groups is 1. The molecular formula is C32H25ClF2N2O5. The van der Waals surface area contributed by atoms with Crippen molar-refractivity contribution in [1.29, 1.82) is 0 Å². The van der Waals surface area contributed by atoms with Crippen LogP contribution in [0.4, 0.5) is 14.5 Å². The number of piperidine rings is 1. The molecule has 0 saturated carbocycles. The van der Waals surface area contributed by atoms with Gasteiger partial charge in [-0.1, -0.05) is 29.8 Å². The van der Waals surface area contributed by atoms with Gasteiger partial charge in [0.15, 0.2) is 0 Å². The van der Waals surface area contributed by atoms with Gasteiger partial charge in [-0.3, -0.25) is 9.59 Å². The SMILES string of the molecule is O=C1C[C@@H](c2cccc(Cl)c2)[C@]2(C(=O)Nc3cc(F)ccc32)[C@@H](c2cc(F)ccc2Oc2ccc(OCCO)cc2)N1. The van der Waals surface area contributed by atoms with E-state index in [4.69, 9.17) is 26.2 Å². The third-order valence-electron chi connectivity index (χ3n) is 7.70. The van der Waals surface area contributed by atoms with Crippen LogP contribution in [0.3, 0.4) is 0 Å². The summed E-state index contributed by atoms with van der Waals surface area (Å²) in [6.07, 6.45) is -0.0676. The summed E-state index contributed by atoms with van der Waals surface area (Å²) in [5.41, 5.74) is 0.0835. The predicted molar refractivity (Wildman–Crippen MR) is 152 cm³/mol. The molecule has 2 amide bonds. The molecule has 1 spiro atoms. The molecular weight excluding hydrogens is 566 g/mol. The van der Waals surface area contributed by atoms with E-state index in [1.807, 2.05) is 0 Å². The van der Waals surface area contributed by atoms with Crippen LogP contribution in [0.5, 0.6) is 17.2 Å². The van der Waals surface area contributed by atoms with Crippen molar-refractivity contribution < 1.29 is 33.0 Å². The Balaban J connectivity index is 1.52. The van der Waals surface area contributed by atoms with Crippen LogP contribution in [-0.2, 0) is 15.0 Å². The number of rotatable bonds is 7. The Morgan fingerprint density at radius 1 is 0.929 bits per heavy atom. The first-order valence-corrected chi connectivity index (χ1v) is 13.6. The highest BCUT2D eigenvalue weighted by Gasteiger charge is 2.61. The van der Waals surface area contributed by atoms with Crippen LogP contribution in [0.1, 0.15) is 35.1 Å². The van der Waals surface area contributed by atoms with E-state index in [0.29, 0.717) is 27.6 Å². The lowest BCUT2D eigenvalue weighted by Gasteiger charge is -2.46. The second-order valence-electron chi connectivity index (χ2n) is 10.2. The minimum absolute atomic E-state index is 0.0676. The van der Waals surface area contributed by atoms with E-state index in [0.717, 1.165) is 0 Å². The summed E-state index contributed by atoms with van der Waals surface area (Å²) in [4.78, 5) is 27.5. The smallest absolute Gasteiger partial charge is 0.238 e. The van der Waals surface area contributed by atoms with Gasteiger partial charge < -0.3 is 25.2 Å². The highest BCUT2D eigenvalue weighted by molar-refractivity contribution is 6.30. The maximum Gasteiger partial charge on any atom is 0.238 e. The zero-order chi connectivity index (χ0) is 29.4. The van der Waals surface area contributed by atoms with E-state index in [-0.39, 0.29) is 42.5 Å². The topological polar surface area (TPSA) is 96.9 Å². The summed E-state index contributed by atoms with van der Waals surface area (Å²) in [7, 11) is 0. The summed E-state index contributed by atoms with van der Waals surface area (Å²) in [6, 6.07) is 20.3. The molecule has 42 heavy (non-hydrogen) atoms. The largest absolute Gasteiger partial charge is 0.491 e. The maximum absolute atomic E-state index is 14.9. The molecule has 0 aromatic heterocycles. The van der Waals surface area contributed by atoms with E-state index < -0.39 is 34.9 Å². The van der Waals surface area contributed by atoms with E-state index in [9.17, 15) is 18.4 Å². The van der Waals surface area contributed by atoms with Gasteiger partial charge in [0.2, 0.25) is 11.8 Å². The minimum atomic E-state index is -1.50. The average molecular weight is 591 g/mol. The Bertz CT molecular complexity index is 1680. The molecule has 0 radical (unpaired) electrons. The molecule has 4 aromatic carbocycles. The van der Waals surface area contributed by atoms with Crippen molar-refractivity contribution in [1.82, 2.24) is 5.32 Å². The number of anilines is 1. The third kappa shape index (κ3) is 4.84. The number of aliphatic hydroxyl groups excluding tert-OH is 1. The van der Waals surface area contributed by atoms with Crippen LogP contribution >= 0.6 is 11.6 Å². The molecule has 3 N–H and O–H groups in total. The van der Waals surface area contributed by atoms with Gasteiger partial charge >= 0.3 is 0 Å². The van der Waals surface area contributed by atoms with E-state index in [1.54, 1.807) is 48.5 Å². The highest BCUT2D eigenvalue weighted by atomic mass is 35.5. The molecule has 6 rings (SSSR count). The van der Waals surface area contributed by atoms with Crippen LogP contribution in [0.25, 0.3) is 0 Å². The Kier molecular flexibility index (Phi) is 7.30.